The van der Waals surface area contributed by atoms with E-state index in [0.717, 1.165) is 67.2 Å². The fraction of sp³-hybridized carbons (Fsp3) is 0. The molecule has 0 unspecified atom stereocenters. The molecule has 0 radical (unpaired) electrons. The molecule has 10 rings (SSSR count). The predicted octanol–water partition coefficient (Wildman–Crippen LogP) is 13.3. The van der Waals surface area contributed by atoms with E-state index in [1.165, 1.54) is 27.5 Å². The van der Waals surface area contributed by atoms with Gasteiger partial charge in [0, 0.05) is 33.1 Å². The van der Waals surface area contributed by atoms with Crippen molar-refractivity contribution in [1.29, 1.82) is 0 Å². The van der Waals surface area contributed by atoms with Crippen molar-refractivity contribution in [3.05, 3.63) is 176 Å². The van der Waals surface area contributed by atoms with E-state index in [-0.39, 0.29) is 0 Å². The monoisotopic (exact) mass is 627 g/mol. The van der Waals surface area contributed by atoms with Gasteiger partial charge in [-0.1, -0.05) is 121 Å². The van der Waals surface area contributed by atoms with Gasteiger partial charge in [0.05, 0.1) is 5.69 Å². The van der Waals surface area contributed by atoms with E-state index < -0.39 is 0 Å². The molecule has 0 amide bonds. The zero-order valence-electron chi connectivity index (χ0n) is 26.5. The normalized spacial score (nSPS) is 11.8. The Bertz CT molecular complexity index is 2670. The quantitative estimate of drug-likeness (QED) is 0.190. The fourth-order valence-corrected chi connectivity index (χ4v) is 7.32. The van der Waals surface area contributed by atoms with E-state index in [2.05, 4.69) is 163 Å². The number of fused-ring (bicyclic) bond motifs is 5. The summed E-state index contributed by atoms with van der Waals surface area (Å²) in [5.74, 6) is 1.78. The molecule has 0 atom stereocenters. The highest BCUT2D eigenvalue weighted by molar-refractivity contribution is 6.10. The van der Waals surface area contributed by atoms with Crippen molar-refractivity contribution >= 4 is 49.8 Å². The predicted molar refractivity (Wildman–Crippen MR) is 202 cm³/mol. The van der Waals surface area contributed by atoms with E-state index in [0.29, 0.717) is 0 Å². The smallest absolute Gasteiger partial charge is 0.159 e. The molecule has 0 bridgehead atoms. The zero-order chi connectivity index (χ0) is 32.3. The first-order valence-corrected chi connectivity index (χ1v) is 16.6. The van der Waals surface area contributed by atoms with Gasteiger partial charge in [0.1, 0.15) is 17.1 Å². The van der Waals surface area contributed by atoms with E-state index in [4.69, 9.17) is 9.15 Å². The number of para-hydroxylation sites is 2. The third-order valence-corrected chi connectivity index (χ3v) is 9.67. The van der Waals surface area contributed by atoms with Crippen LogP contribution in [-0.2, 0) is 0 Å². The minimum Gasteiger partial charge on any atom is -0.456 e. The number of furan rings is 1. The summed E-state index contributed by atoms with van der Waals surface area (Å²) < 4.78 is 13.0. The molecular formula is C46H29NO2. The van der Waals surface area contributed by atoms with Crippen molar-refractivity contribution in [2.24, 2.45) is 0 Å². The van der Waals surface area contributed by atoms with E-state index in [9.17, 15) is 0 Å². The standard InChI is InChI=1S/C46H29NO2/c1-2-9-30(10-3-1)31-19-24-35(25-20-31)47(41-16-8-15-40-37-13-4-5-17-42(37)49-46(40)41)36-26-21-32(22-27-36)34-23-28-38-39-14-6-11-33-12-7-18-43(45(33)39)48-44(38)29-34/h1-29H. The maximum absolute atomic E-state index is 6.54. The van der Waals surface area contributed by atoms with Crippen LogP contribution < -0.4 is 9.64 Å². The number of ether oxygens (including phenoxy) is 1. The first-order chi connectivity index (χ1) is 24.3. The molecule has 2 heterocycles. The van der Waals surface area contributed by atoms with Gasteiger partial charge in [-0.25, -0.2) is 0 Å². The van der Waals surface area contributed by atoms with E-state index in [1.807, 2.05) is 18.2 Å². The van der Waals surface area contributed by atoms with Gasteiger partial charge in [-0.05, 0) is 87.8 Å². The lowest BCUT2D eigenvalue weighted by Gasteiger charge is -2.26. The van der Waals surface area contributed by atoms with E-state index >= 15 is 0 Å². The van der Waals surface area contributed by atoms with Crippen LogP contribution in [0.2, 0.25) is 0 Å². The molecule has 0 N–H and O–H groups in total. The van der Waals surface area contributed by atoms with Crippen molar-refractivity contribution < 1.29 is 9.15 Å². The van der Waals surface area contributed by atoms with Crippen LogP contribution in [0.25, 0.3) is 66.1 Å². The molecule has 0 aliphatic carbocycles. The van der Waals surface area contributed by atoms with Crippen molar-refractivity contribution in [1.82, 2.24) is 0 Å². The first-order valence-electron chi connectivity index (χ1n) is 16.6. The number of anilines is 3. The van der Waals surface area contributed by atoms with Crippen LogP contribution in [0.3, 0.4) is 0 Å². The van der Waals surface area contributed by atoms with Crippen LogP contribution in [0.15, 0.2) is 180 Å². The lowest BCUT2D eigenvalue weighted by Crippen LogP contribution is -2.10. The number of rotatable bonds is 5. The Kier molecular flexibility index (Phi) is 6.18. The van der Waals surface area contributed by atoms with Crippen molar-refractivity contribution in [2.45, 2.75) is 0 Å². The van der Waals surface area contributed by atoms with Gasteiger partial charge < -0.3 is 14.1 Å². The summed E-state index contributed by atoms with van der Waals surface area (Å²) in [6.45, 7) is 0. The average molecular weight is 628 g/mol. The van der Waals surface area contributed by atoms with Gasteiger partial charge in [0.25, 0.3) is 0 Å². The number of nitrogens with zero attached hydrogens (tertiary/aromatic N) is 1. The minimum absolute atomic E-state index is 0.863. The maximum atomic E-state index is 6.54. The van der Waals surface area contributed by atoms with Crippen molar-refractivity contribution in [2.75, 3.05) is 4.90 Å². The molecule has 9 aromatic rings. The second kappa shape index (κ2) is 11.0. The molecular weight excluding hydrogens is 599 g/mol. The lowest BCUT2D eigenvalue weighted by molar-refractivity contribution is 0.487. The highest BCUT2D eigenvalue weighted by Crippen LogP contribution is 2.48. The summed E-state index contributed by atoms with van der Waals surface area (Å²) >= 11 is 0. The molecule has 49 heavy (non-hydrogen) atoms. The zero-order valence-corrected chi connectivity index (χ0v) is 26.5. The minimum atomic E-state index is 0.863. The van der Waals surface area contributed by atoms with Gasteiger partial charge in [-0.15, -0.1) is 0 Å². The van der Waals surface area contributed by atoms with Crippen molar-refractivity contribution in [3.8, 4) is 44.9 Å². The Balaban J connectivity index is 1.07. The molecule has 1 aliphatic rings. The highest BCUT2D eigenvalue weighted by atomic mass is 16.5. The second-order valence-electron chi connectivity index (χ2n) is 12.5. The lowest BCUT2D eigenvalue weighted by atomic mass is 9.93. The van der Waals surface area contributed by atoms with Gasteiger partial charge in [-0.2, -0.15) is 0 Å². The number of hydrogen-bond acceptors (Lipinski definition) is 3. The summed E-state index contributed by atoms with van der Waals surface area (Å²) in [5.41, 5.74) is 11.8. The summed E-state index contributed by atoms with van der Waals surface area (Å²) in [5, 5.41) is 4.58. The SMILES string of the molecule is c1ccc(-c2ccc(N(c3ccc(-c4ccc5c(c4)Oc4cccc6cccc-5c46)cc3)c3cccc4c3oc3ccccc34)cc2)cc1. The summed E-state index contributed by atoms with van der Waals surface area (Å²) in [6.07, 6.45) is 0. The van der Waals surface area contributed by atoms with Gasteiger partial charge in [0.15, 0.2) is 5.58 Å². The molecule has 3 heteroatoms. The maximum Gasteiger partial charge on any atom is 0.159 e. The van der Waals surface area contributed by atoms with Crippen LogP contribution in [0.4, 0.5) is 17.1 Å². The van der Waals surface area contributed by atoms with Gasteiger partial charge in [-0.3, -0.25) is 0 Å². The van der Waals surface area contributed by atoms with Crippen LogP contribution in [0.1, 0.15) is 0 Å². The van der Waals surface area contributed by atoms with Crippen molar-refractivity contribution in [3.63, 3.8) is 0 Å². The number of hydrogen-bond donors (Lipinski definition) is 0. The molecule has 0 saturated heterocycles. The van der Waals surface area contributed by atoms with Gasteiger partial charge >= 0.3 is 0 Å². The van der Waals surface area contributed by atoms with Crippen LogP contribution in [0, 0.1) is 0 Å². The molecule has 1 aliphatic heterocycles. The van der Waals surface area contributed by atoms with E-state index in [1.54, 1.807) is 0 Å². The Morgan fingerprint density at radius 2 is 1.04 bits per heavy atom. The third-order valence-electron chi connectivity index (χ3n) is 9.67. The molecule has 8 aromatic carbocycles. The molecule has 1 aromatic heterocycles. The molecule has 0 saturated carbocycles. The molecule has 3 nitrogen and oxygen atoms in total. The fourth-order valence-electron chi connectivity index (χ4n) is 7.32. The summed E-state index contributed by atoms with van der Waals surface area (Å²) in [4.78, 5) is 2.29. The largest absolute Gasteiger partial charge is 0.456 e. The Morgan fingerprint density at radius 3 is 1.84 bits per heavy atom. The summed E-state index contributed by atoms with van der Waals surface area (Å²) in [6, 6.07) is 61.9. The first kappa shape index (κ1) is 27.5. The topological polar surface area (TPSA) is 25.6 Å². The Labute approximate surface area is 283 Å². The Morgan fingerprint density at radius 1 is 0.408 bits per heavy atom. The highest BCUT2D eigenvalue weighted by Gasteiger charge is 2.22. The molecule has 0 spiro atoms. The van der Waals surface area contributed by atoms with Crippen LogP contribution in [-0.4, -0.2) is 0 Å². The van der Waals surface area contributed by atoms with Gasteiger partial charge in [0.2, 0.25) is 0 Å². The third kappa shape index (κ3) is 4.51. The Hall–Kier alpha value is -6.58. The molecule has 230 valence electrons. The second-order valence-corrected chi connectivity index (χ2v) is 12.5. The number of benzene rings is 8. The molecule has 0 fully saturated rings. The van der Waals surface area contributed by atoms with Crippen LogP contribution in [0.5, 0.6) is 11.5 Å². The summed E-state index contributed by atoms with van der Waals surface area (Å²) in [7, 11) is 0. The van der Waals surface area contributed by atoms with Crippen LogP contribution >= 0.6 is 0 Å². The average Bonchev–Trinajstić information content (AvgIpc) is 3.56.